The molecule has 2 aromatic rings. The Bertz CT molecular complexity index is 490. The van der Waals surface area contributed by atoms with Crippen molar-refractivity contribution >= 4 is 5.52 Å². The van der Waals surface area contributed by atoms with Crippen LogP contribution in [0, 0.1) is 5.92 Å². The molecule has 1 aliphatic rings. The third-order valence-corrected chi connectivity index (χ3v) is 3.49. The van der Waals surface area contributed by atoms with Gasteiger partial charge >= 0.3 is 0 Å². The smallest absolute Gasteiger partial charge is 0.0902 e. The number of aromatic nitrogens is 3. The van der Waals surface area contributed by atoms with Gasteiger partial charge in [-0.1, -0.05) is 19.3 Å². The second kappa shape index (κ2) is 3.87. The predicted molar refractivity (Wildman–Crippen MR) is 59.9 cm³/mol. The van der Waals surface area contributed by atoms with E-state index in [1.165, 1.54) is 19.3 Å². The number of aliphatic hydroxyl groups is 1. The van der Waals surface area contributed by atoms with Gasteiger partial charge in [-0.05, 0) is 12.3 Å². The van der Waals surface area contributed by atoms with Gasteiger partial charge in [0.2, 0.25) is 0 Å². The van der Waals surface area contributed by atoms with E-state index in [0.717, 1.165) is 17.5 Å². The van der Waals surface area contributed by atoms with Crippen molar-refractivity contribution in [3.63, 3.8) is 0 Å². The fourth-order valence-corrected chi connectivity index (χ4v) is 2.28. The molecule has 0 saturated heterocycles. The van der Waals surface area contributed by atoms with Crippen molar-refractivity contribution in [1.29, 1.82) is 0 Å². The van der Waals surface area contributed by atoms with Crippen molar-refractivity contribution in [2.24, 2.45) is 5.92 Å². The maximum atomic E-state index is 10.2. The Morgan fingerprint density at radius 2 is 2.31 bits per heavy atom. The third-order valence-electron chi connectivity index (χ3n) is 3.49. The number of hydrogen-bond donors (Lipinski definition) is 1. The van der Waals surface area contributed by atoms with Crippen LogP contribution < -0.4 is 0 Å². The normalized spacial score (nSPS) is 18.6. The minimum atomic E-state index is -0.396. The fourth-order valence-electron chi connectivity index (χ4n) is 2.28. The fraction of sp³-hybridized carbons (Fsp3) is 0.500. The molecule has 1 saturated carbocycles. The summed E-state index contributed by atoms with van der Waals surface area (Å²) in [5.74, 6) is 0.696. The van der Waals surface area contributed by atoms with E-state index in [4.69, 9.17) is 0 Å². The molecule has 16 heavy (non-hydrogen) atoms. The molecule has 0 spiro atoms. The summed E-state index contributed by atoms with van der Waals surface area (Å²) in [5.41, 5.74) is 1.81. The number of aliphatic hydroxyl groups excluding tert-OH is 1. The molecule has 1 fully saturated rings. The quantitative estimate of drug-likeness (QED) is 0.855. The summed E-state index contributed by atoms with van der Waals surface area (Å²) in [6.07, 6.45) is 11.3. The van der Waals surface area contributed by atoms with Crippen molar-refractivity contribution in [2.75, 3.05) is 0 Å². The van der Waals surface area contributed by atoms with Crippen LogP contribution in [0.15, 0.2) is 24.8 Å². The minimum Gasteiger partial charge on any atom is -0.388 e. The molecule has 1 N–H and O–H groups in total. The predicted octanol–water partition coefficient (Wildman–Crippen LogP) is 1.95. The van der Waals surface area contributed by atoms with Crippen LogP contribution >= 0.6 is 0 Å². The van der Waals surface area contributed by atoms with Crippen LogP contribution in [0.2, 0.25) is 0 Å². The Labute approximate surface area is 93.9 Å². The summed E-state index contributed by atoms with van der Waals surface area (Å²) >= 11 is 0. The van der Waals surface area contributed by atoms with Crippen LogP contribution in [0.3, 0.4) is 0 Å². The molecule has 4 heteroatoms. The van der Waals surface area contributed by atoms with Crippen LogP contribution in [0.5, 0.6) is 0 Å². The van der Waals surface area contributed by atoms with E-state index in [1.807, 2.05) is 0 Å². The molecular formula is C12H15N3O. The maximum Gasteiger partial charge on any atom is 0.0902 e. The average Bonchev–Trinajstić information content (AvgIpc) is 2.67. The van der Waals surface area contributed by atoms with Crippen LogP contribution in [0.1, 0.15) is 37.4 Å². The summed E-state index contributed by atoms with van der Waals surface area (Å²) in [6.45, 7) is 0. The highest BCUT2D eigenvalue weighted by Gasteiger charge is 2.23. The van der Waals surface area contributed by atoms with Gasteiger partial charge in [0.05, 0.1) is 24.0 Å². The van der Waals surface area contributed by atoms with Crippen molar-refractivity contribution < 1.29 is 5.11 Å². The van der Waals surface area contributed by atoms with E-state index >= 15 is 0 Å². The van der Waals surface area contributed by atoms with Gasteiger partial charge in [-0.15, -0.1) is 0 Å². The van der Waals surface area contributed by atoms with Crippen molar-refractivity contribution in [3.05, 3.63) is 30.4 Å². The molecule has 0 radical (unpaired) electrons. The molecule has 2 aromatic heterocycles. The molecular weight excluding hydrogens is 202 g/mol. The van der Waals surface area contributed by atoms with E-state index in [2.05, 4.69) is 10.1 Å². The SMILES string of the molecule is OC(CC1CCC1)c1cnn2ccncc12. The lowest BCUT2D eigenvalue weighted by atomic mass is 9.80. The van der Waals surface area contributed by atoms with Crippen molar-refractivity contribution in [3.8, 4) is 0 Å². The lowest BCUT2D eigenvalue weighted by Gasteiger charge is -2.27. The molecule has 0 aromatic carbocycles. The van der Waals surface area contributed by atoms with Gasteiger partial charge in [-0.2, -0.15) is 5.10 Å². The van der Waals surface area contributed by atoms with Gasteiger partial charge in [0.15, 0.2) is 0 Å². The van der Waals surface area contributed by atoms with Crippen LogP contribution in [0.25, 0.3) is 5.52 Å². The highest BCUT2D eigenvalue weighted by molar-refractivity contribution is 5.52. The maximum absolute atomic E-state index is 10.2. The van der Waals surface area contributed by atoms with Gasteiger partial charge < -0.3 is 5.11 Å². The van der Waals surface area contributed by atoms with E-state index in [9.17, 15) is 5.11 Å². The topological polar surface area (TPSA) is 50.4 Å². The third kappa shape index (κ3) is 1.59. The van der Waals surface area contributed by atoms with Crippen LogP contribution in [-0.2, 0) is 0 Å². The van der Waals surface area contributed by atoms with Gasteiger partial charge in [-0.25, -0.2) is 4.52 Å². The molecule has 0 amide bonds. The zero-order valence-corrected chi connectivity index (χ0v) is 9.08. The van der Waals surface area contributed by atoms with E-state index in [0.29, 0.717) is 5.92 Å². The Morgan fingerprint density at radius 1 is 1.44 bits per heavy atom. The zero-order chi connectivity index (χ0) is 11.0. The first-order valence-corrected chi connectivity index (χ1v) is 5.80. The first-order chi connectivity index (χ1) is 7.84. The molecule has 4 nitrogen and oxygen atoms in total. The van der Waals surface area contributed by atoms with Gasteiger partial charge in [0.25, 0.3) is 0 Å². The van der Waals surface area contributed by atoms with Crippen LogP contribution in [-0.4, -0.2) is 19.7 Å². The molecule has 2 heterocycles. The standard InChI is InChI=1S/C12H15N3O/c16-12(6-9-2-1-3-9)10-7-14-15-5-4-13-8-11(10)15/h4-5,7-9,12,16H,1-3,6H2. The first-order valence-electron chi connectivity index (χ1n) is 5.80. The Kier molecular flexibility index (Phi) is 2.36. The molecule has 84 valence electrons. The summed E-state index contributed by atoms with van der Waals surface area (Å²) in [4.78, 5) is 4.07. The monoisotopic (exact) mass is 217 g/mol. The molecule has 1 unspecified atom stereocenters. The Hall–Kier alpha value is -1.42. The molecule has 1 aliphatic carbocycles. The minimum absolute atomic E-state index is 0.396. The lowest BCUT2D eigenvalue weighted by molar-refractivity contribution is 0.119. The summed E-state index contributed by atoms with van der Waals surface area (Å²) < 4.78 is 1.76. The Morgan fingerprint density at radius 3 is 3.06 bits per heavy atom. The Balaban J connectivity index is 1.86. The second-order valence-corrected chi connectivity index (χ2v) is 4.55. The average molecular weight is 217 g/mol. The van der Waals surface area contributed by atoms with E-state index in [-0.39, 0.29) is 0 Å². The highest BCUT2D eigenvalue weighted by atomic mass is 16.3. The number of hydrogen-bond acceptors (Lipinski definition) is 3. The molecule has 1 atom stereocenters. The van der Waals surface area contributed by atoms with E-state index < -0.39 is 6.10 Å². The highest BCUT2D eigenvalue weighted by Crippen LogP contribution is 2.35. The lowest BCUT2D eigenvalue weighted by Crippen LogP contribution is -2.14. The first kappa shape index (κ1) is 9.78. The second-order valence-electron chi connectivity index (χ2n) is 4.55. The summed E-state index contributed by atoms with van der Waals surface area (Å²) in [7, 11) is 0. The van der Waals surface area contributed by atoms with E-state index in [1.54, 1.807) is 29.3 Å². The number of rotatable bonds is 3. The van der Waals surface area contributed by atoms with Gasteiger partial charge in [-0.3, -0.25) is 4.98 Å². The van der Waals surface area contributed by atoms with Crippen LogP contribution in [0.4, 0.5) is 0 Å². The molecule has 0 bridgehead atoms. The van der Waals surface area contributed by atoms with Crippen molar-refractivity contribution in [1.82, 2.24) is 14.6 Å². The summed E-state index contributed by atoms with van der Waals surface area (Å²) in [6, 6.07) is 0. The van der Waals surface area contributed by atoms with Gasteiger partial charge in [0.1, 0.15) is 0 Å². The molecule has 3 rings (SSSR count). The summed E-state index contributed by atoms with van der Waals surface area (Å²) in [5, 5.41) is 14.4. The van der Waals surface area contributed by atoms with Crippen molar-refractivity contribution in [2.45, 2.75) is 31.8 Å². The number of fused-ring (bicyclic) bond motifs is 1. The largest absolute Gasteiger partial charge is 0.388 e. The zero-order valence-electron chi connectivity index (χ0n) is 9.08. The van der Waals surface area contributed by atoms with Gasteiger partial charge in [0, 0.05) is 18.0 Å². The number of nitrogens with zero attached hydrogens (tertiary/aromatic N) is 3. The molecule has 0 aliphatic heterocycles.